The van der Waals surface area contributed by atoms with Gasteiger partial charge in [0.1, 0.15) is 5.75 Å². The van der Waals surface area contributed by atoms with E-state index in [9.17, 15) is 22.8 Å². The van der Waals surface area contributed by atoms with Gasteiger partial charge >= 0.3 is 12.3 Å². The Bertz CT molecular complexity index is 626. The molecule has 138 valence electrons. The summed E-state index contributed by atoms with van der Waals surface area (Å²) in [6.07, 6.45) is -4.76. The minimum atomic E-state index is -4.81. The predicted octanol–water partition coefficient (Wildman–Crippen LogP) is 3.82. The van der Waals surface area contributed by atoms with Gasteiger partial charge in [-0.3, -0.25) is 9.59 Å². The zero-order chi connectivity index (χ0) is 19.2. The Hall–Kier alpha value is -2.51. The number of carbonyl (C=O) groups is 2. The largest absolute Gasteiger partial charge is 0.573 e. The highest BCUT2D eigenvalue weighted by Crippen LogP contribution is 2.26. The van der Waals surface area contributed by atoms with Gasteiger partial charge in [0.25, 0.3) is 0 Å². The standard InChI is InChI=1S/C17H20F3NO4/c1-10(2)8-11(3)16(24)21-14(9-15(22)23)12-4-6-13(7-5-12)25-17(18,19)20/h4-7,11,14H,1,8-9H2,2-3H3,(H,21,24)(H,22,23). The number of benzene rings is 1. The van der Waals surface area contributed by atoms with Gasteiger partial charge in [0.15, 0.2) is 0 Å². The Balaban J connectivity index is 2.89. The third-order valence-electron chi connectivity index (χ3n) is 3.31. The zero-order valence-corrected chi connectivity index (χ0v) is 13.9. The molecule has 2 unspecified atom stereocenters. The number of carbonyl (C=O) groups excluding carboxylic acids is 1. The van der Waals surface area contributed by atoms with Gasteiger partial charge in [-0.2, -0.15) is 0 Å². The van der Waals surface area contributed by atoms with Crippen molar-refractivity contribution >= 4 is 11.9 Å². The molecule has 0 aliphatic heterocycles. The van der Waals surface area contributed by atoms with Crippen LogP contribution in [0.15, 0.2) is 36.4 Å². The topological polar surface area (TPSA) is 75.6 Å². The molecule has 2 atom stereocenters. The summed E-state index contributed by atoms with van der Waals surface area (Å²) in [6.45, 7) is 7.18. The molecule has 0 spiro atoms. The van der Waals surface area contributed by atoms with Crippen LogP contribution in [-0.2, 0) is 9.59 Å². The first-order valence-electron chi connectivity index (χ1n) is 7.50. The molecule has 0 aliphatic carbocycles. The molecule has 0 fully saturated rings. The van der Waals surface area contributed by atoms with Gasteiger partial charge in [-0.15, -0.1) is 19.8 Å². The molecule has 0 bridgehead atoms. The number of aliphatic carboxylic acids is 1. The fourth-order valence-electron chi connectivity index (χ4n) is 2.26. The Kier molecular flexibility index (Phi) is 7.02. The van der Waals surface area contributed by atoms with Gasteiger partial charge in [-0.25, -0.2) is 0 Å². The highest BCUT2D eigenvalue weighted by Gasteiger charge is 2.31. The second kappa shape index (κ2) is 8.55. The second-order valence-corrected chi connectivity index (χ2v) is 5.84. The van der Waals surface area contributed by atoms with E-state index in [1.165, 1.54) is 12.1 Å². The monoisotopic (exact) mass is 359 g/mol. The number of hydrogen-bond acceptors (Lipinski definition) is 3. The molecule has 1 rings (SSSR count). The first kappa shape index (κ1) is 20.5. The summed E-state index contributed by atoms with van der Waals surface area (Å²) in [6, 6.07) is 3.86. The number of rotatable bonds is 8. The van der Waals surface area contributed by atoms with E-state index in [0.717, 1.165) is 17.7 Å². The normalized spacial score (nSPS) is 13.6. The summed E-state index contributed by atoms with van der Waals surface area (Å²) in [4.78, 5) is 23.2. The number of nitrogens with one attached hydrogen (secondary N) is 1. The lowest BCUT2D eigenvalue weighted by molar-refractivity contribution is -0.274. The van der Waals surface area contributed by atoms with Gasteiger partial charge in [-0.1, -0.05) is 24.6 Å². The van der Waals surface area contributed by atoms with Crippen molar-refractivity contribution in [2.45, 2.75) is 39.1 Å². The molecule has 0 saturated heterocycles. The Morgan fingerprint density at radius 1 is 1.24 bits per heavy atom. The van der Waals surface area contributed by atoms with Gasteiger partial charge in [0.05, 0.1) is 12.5 Å². The molecule has 0 aromatic heterocycles. The number of hydrogen-bond donors (Lipinski definition) is 2. The summed E-state index contributed by atoms with van der Waals surface area (Å²) < 4.78 is 40.3. The molecular weight excluding hydrogens is 339 g/mol. The summed E-state index contributed by atoms with van der Waals surface area (Å²) in [5, 5.41) is 11.6. The molecule has 0 saturated carbocycles. The van der Waals surface area contributed by atoms with Crippen LogP contribution in [0.3, 0.4) is 0 Å². The number of amides is 1. The number of ether oxygens (including phenoxy) is 1. The van der Waals surface area contributed by atoms with Gasteiger partial charge in [0, 0.05) is 5.92 Å². The van der Waals surface area contributed by atoms with Crippen LogP contribution in [0.5, 0.6) is 5.75 Å². The lowest BCUT2D eigenvalue weighted by Crippen LogP contribution is -2.34. The van der Waals surface area contributed by atoms with Crippen molar-refractivity contribution in [3.63, 3.8) is 0 Å². The number of carboxylic acids is 1. The van der Waals surface area contributed by atoms with Crippen molar-refractivity contribution in [1.29, 1.82) is 0 Å². The minimum absolute atomic E-state index is 0.357. The maximum absolute atomic E-state index is 12.2. The highest BCUT2D eigenvalue weighted by atomic mass is 19.4. The van der Waals surface area contributed by atoms with E-state index in [0.29, 0.717) is 12.0 Å². The van der Waals surface area contributed by atoms with Crippen LogP contribution in [0.25, 0.3) is 0 Å². The van der Waals surface area contributed by atoms with Crippen LogP contribution < -0.4 is 10.1 Å². The van der Waals surface area contributed by atoms with E-state index in [1.807, 2.05) is 0 Å². The van der Waals surface area contributed by atoms with Gasteiger partial charge in [-0.05, 0) is 31.0 Å². The SMILES string of the molecule is C=C(C)CC(C)C(=O)NC(CC(=O)O)c1ccc(OC(F)(F)F)cc1. The Morgan fingerprint density at radius 3 is 2.24 bits per heavy atom. The van der Waals surface area contributed by atoms with Crippen molar-refractivity contribution in [1.82, 2.24) is 5.32 Å². The molecule has 0 aliphatic rings. The zero-order valence-electron chi connectivity index (χ0n) is 13.9. The van der Waals surface area contributed by atoms with Crippen molar-refractivity contribution in [3.8, 4) is 5.75 Å². The molecule has 2 N–H and O–H groups in total. The van der Waals surface area contributed by atoms with Crippen molar-refractivity contribution in [2.75, 3.05) is 0 Å². The van der Waals surface area contributed by atoms with Crippen LogP contribution in [-0.4, -0.2) is 23.3 Å². The number of alkyl halides is 3. The van der Waals surface area contributed by atoms with Crippen molar-refractivity contribution in [2.24, 2.45) is 5.92 Å². The minimum Gasteiger partial charge on any atom is -0.481 e. The first-order valence-corrected chi connectivity index (χ1v) is 7.50. The third-order valence-corrected chi connectivity index (χ3v) is 3.31. The van der Waals surface area contributed by atoms with Crippen molar-refractivity contribution < 1.29 is 32.6 Å². The molecular formula is C17H20F3NO4. The Labute approximate surface area is 143 Å². The summed E-state index contributed by atoms with van der Waals surface area (Å²) >= 11 is 0. The van der Waals surface area contributed by atoms with Crippen LogP contribution in [0.2, 0.25) is 0 Å². The van der Waals surface area contributed by atoms with Crippen LogP contribution in [0, 0.1) is 5.92 Å². The average Bonchev–Trinajstić information content (AvgIpc) is 2.44. The van der Waals surface area contributed by atoms with Crippen LogP contribution >= 0.6 is 0 Å². The molecule has 1 aromatic rings. The summed E-state index contributed by atoms with van der Waals surface area (Å²) in [7, 11) is 0. The average molecular weight is 359 g/mol. The van der Waals surface area contributed by atoms with E-state index in [2.05, 4.69) is 16.6 Å². The highest BCUT2D eigenvalue weighted by molar-refractivity contribution is 5.80. The number of carboxylic acid groups (broad SMARTS) is 1. The smallest absolute Gasteiger partial charge is 0.481 e. The molecule has 5 nitrogen and oxygen atoms in total. The van der Waals surface area contributed by atoms with Crippen LogP contribution in [0.1, 0.15) is 38.3 Å². The second-order valence-electron chi connectivity index (χ2n) is 5.84. The van der Waals surface area contributed by atoms with Crippen LogP contribution in [0.4, 0.5) is 13.2 Å². The number of allylic oxidation sites excluding steroid dienone is 1. The van der Waals surface area contributed by atoms with Gasteiger partial charge < -0.3 is 15.2 Å². The van der Waals surface area contributed by atoms with Gasteiger partial charge in [0.2, 0.25) is 5.91 Å². The first-order chi connectivity index (χ1) is 11.5. The van der Waals surface area contributed by atoms with E-state index in [4.69, 9.17) is 5.11 Å². The fraction of sp³-hybridized carbons (Fsp3) is 0.412. The number of halogens is 3. The lowest BCUT2D eigenvalue weighted by Gasteiger charge is -2.20. The molecule has 1 aromatic carbocycles. The molecule has 0 radical (unpaired) electrons. The lowest BCUT2D eigenvalue weighted by atomic mass is 9.99. The maximum Gasteiger partial charge on any atom is 0.573 e. The summed E-state index contributed by atoms with van der Waals surface area (Å²) in [5.74, 6) is -2.33. The predicted molar refractivity (Wildman–Crippen MR) is 84.9 cm³/mol. The fourth-order valence-corrected chi connectivity index (χ4v) is 2.26. The Morgan fingerprint density at radius 2 is 1.80 bits per heavy atom. The quantitative estimate of drug-likeness (QED) is 0.692. The van der Waals surface area contributed by atoms with Crippen molar-refractivity contribution in [3.05, 3.63) is 42.0 Å². The summed E-state index contributed by atoms with van der Waals surface area (Å²) in [5.41, 5.74) is 1.18. The van der Waals surface area contributed by atoms with E-state index in [-0.39, 0.29) is 5.91 Å². The molecule has 25 heavy (non-hydrogen) atoms. The molecule has 0 heterocycles. The van der Waals surface area contributed by atoms with E-state index in [1.54, 1.807) is 13.8 Å². The molecule has 8 heteroatoms. The van der Waals surface area contributed by atoms with E-state index >= 15 is 0 Å². The maximum atomic E-state index is 12.2. The molecule has 1 amide bonds. The van der Waals surface area contributed by atoms with E-state index < -0.39 is 36.5 Å². The third kappa shape index (κ3) is 7.73.